The Morgan fingerprint density at radius 2 is 1.46 bits per heavy atom. The standard InChI is InChI=1S/C68H86N6O15/c1-39(2)51(32-41(4)65(84)85)73(11)64(83)62(67(5,6)7)72-63(82)61(69-10)68(8,9)47-23-18-19-42(33-47)35-56(78)88-38-43-31-40(3)48(36-52-57(79)58(80)59(81)60(89-52)66(86)87)49(34-43)71-54(76)29-30-70-53(75)25-16-17-26-55(77)74-37-46-22-13-12-20-44(46)27-28-45-21-14-15-24-50(45)74/h12-15,18-24,31-34,39,51-52,57-62,69,79-81H,16-17,25-26,29-30,35-38H2,1-11H3,(H,70,75)(H,71,76)(H,72,82)(H,84,85)(H,86,87)/b41-32+/t51-,52?,57?,58?,59?,60?,61?,62-/m1/s1. The summed E-state index contributed by atoms with van der Waals surface area (Å²) in [5, 5.41) is 63.0. The topological polar surface area (TPSA) is 311 Å². The second kappa shape index (κ2) is 30.8. The van der Waals surface area contributed by atoms with E-state index in [1.165, 1.54) is 17.9 Å². The molecule has 6 unspecified atom stereocenters. The zero-order chi connectivity index (χ0) is 65.7. The van der Waals surface area contributed by atoms with Crippen molar-refractivity contribution in [2.75, 3.05) is 30.9 Å². The molecule has 0 bridgehead atoms. The summed E-state index contributed by atoms with van der Waals surface area (Å²) >= 11 is 0. The predicted octanol–water partition coefficient (Wildman–Crippen LogP) is 5.62. The number of aliphatic carboxylic acids is 2. The number of fused-ring (bicyclic) bond motifs is 2. The summed E-state index contributed by atoms with van der Waals surface area (Å²) in [4.78, 5) is 109. The zero-order valence-corrected chi connectivity index (χ0v) is 52.6. The van der Waals surface area contributed by atoms with Crippen LogP contribution in [0.2, 0.25) is 0 Å². The lowest BCUT2D eigenvalue weighted by molar-refractivity contribution is -0.227. The maximum atomic E-state index is 14.3. The monoisotopic (exact) mass is 1230 g/mol. The van der Waals surface area contributed by atoms with E-state index in [2.05, 4.69) is 33.1 Å². The minimum Gasteiger partial charge on any atom is -0.479 e. The maximum absolute atomic E-state index is 14.3. The van der Waals surface area contributed by atoms with Crippen LogP contribution in [0, 0.1) is 30.1 Å². The van der Waals surface area contributed by atoms with Crippen molar-refractivity contribution in [3.63, 3.8) is 0 Å². The summed E-state index contributed by atoms with van der Waals surface area (Å²) in [7, 11) is 3.23. The average molecular weight is 1230 g/mol. The number of carboxylic acid groups (broad SMARTS) is 2. The fraction of sp³-hybridized carbons (Fsp3) is 0.471. The third kappa shape index (κ3) is 18.2. The molecule has 0 spiro atoms. The minimum atomic E-state index is -1.93. The highest BCUT2D eigenvalue weighted by atomic mass is 16.6. The van der Waals surface area contributed by atoms with Crippen LogP contribution in [0.5, 0.6) is 0 Å². The van der Waals surface area contributed by atoms with E-state index in [-0.39, 0.29) is 74.2 Å². The third-order valence-corrected chi connectivity index (χ3v) is 16.4. The van der Waals surface area contributed by atoms with E-state index in [4.69, 9.17) is 9.47 Å². The molecule has 2 heterocycles. The van der Waals surface area contributed by atoms with Crippen molar-refractivity contribution in [1.82, 2.24) is 20.9 Å². The number of aryl methyl sites for hydroxylation is 1. The van der Waals surface area contributed by atoms with Crippen LogP contribution in [-0.2, 0) is 79.2 Å². The van der Waals surface area contributed by atoms with Gasteiger partial charge in [-0.15, -0.1) is 0 Å². The molecule has 478 valence electrons. The number of carbonyl (C=O) groups is 8. The van der Waals surface area contributed by atoms with Gasteiger partial charge in [-0.05, 0) is 103 Å². The van der Waals surface area contributed by atoms with Crippen molar-refractivity contribution < 1.29 is 73.4 Å². The normalized spacial score (nSPS) is 18.5. The third-order valence-electron chi connectivity index (χ3n) is 16.4. The number of nitrogens with zero attached hydrogens (tertiary/aromatic N) is 2. The highest BCUT2D eigenvalue weighted by molar-refractivity contribution is 5.96. The van der Waals surface area contributed by atoms with Crippen LogP contribution >= 0.6 is 0 Å². The van der Waals surface area contributed by atoms with Crippen LogP contribution in [0.25, 0.3) is 0 Å². The summed E-state index contributed by atoms with van der Waals surface area (Å²) < 4.78 is 11.4. The quantitative estimate of drug-likeness (QED) is 0.0159. The van der Waals surface area contributed by atoms with Gasteiger partial charge in [0.15, 0.2) is 6.10 Å². The number of hydrogen-bond acceptors (Lipinski definition) is 14. The number of hydrogen-bond donors (Lipinski definition) is 9. The van der Waals surface area contributed by atoms with Gasteiger partial charge in [0.1, 0.15) is 31.0 Å². The van der Waals surface area contributed by atoms with Gasteiger partial charge in [-0.25, -0.2) is 9.59 Å². The molecule has 0 saturated carbocycles. The van der Waals surface area contributed by atoms with Crippen LogP contribution in [-0.4, -0.2) is 147 Å². The predicted molar refractivity (Wildman–Crippen MR) is 334 cm³/mol. The maximum Gasteiger partial charge on any atom is 0.335 e. The number of carboxylic acids is 2. The number of para-hydroxylation sites is 1. The summed E-state index contributed by atoms with van der Waals surface area (Å²) in [6.07, 6.45) is -6.67. The molecule has 21 heteroatoms. The Morgan fingerprint density at radius 1 is 0.798 bits per heavy atom. The second-order valence-corrected chi connectivity index (χ2v) is 24.9. The number of unbranched alkanes of at least 4 members (excludes halogenated alkanes) is 1. The van der Waals surface area contributed by atoms with E-state index in [0.29, 0.717) is 47.2 Å². The molecule has 0 aliphatic carbocycles. The lowest BCUT2D eigenvalue weighted by Gasteiger charge is -2.40. The molecular weight excluding hydrogens is 1140 g/mol. The first-order chi connectivity index (χ1) is 41.9. The Morgan fingerprint density at radius 3 is 2.12 bits per heavy atom. The Labute approximate surface area is 520 Å². The molecule has 2 aliphatic heterocycles. The van der Waals surface area contributed by atoms with Crippen molar-refractivity contribution in [2.45, 2.75) is 174 Å². The first-order valence-corrected chi connectivity index (χ1v) is 29.9. The van der Waals surface area contributed by atoms with Gasteiger partial charge in [0, 0.05) is 67.1 Å². The van der Waals surface area contributed by atoms with Crippen LogP contribution in [0.4, 0.5) is 11.4 Å². The number of benzene rings is 4. The second-order valence-electron chi connectivity index (χ2n) is 24.9. The SMILES string of the molecule is CNC(C(=O)N[C@H](C(=O)N(C)[C@H](/C=C(\C)C(=O)O)C(C)C)C(C)(C)C)C(C)(C)c1cccc(CC(=O)OCc2cc(C)c(CC3OC(C(=O)O)C(O)C(O)C3O)c(NC(=O)CCNC(=O)CCCCC(=O)N3Cc4ccccc4C#Cc4ccccc43)c2)c1. The van der Waals surface area contributed by atoms with Gasteiger partial charge in [-0.2, -0.15) is 0 Å². The van der Waals surface area contributed by atoms with Gasteiger partial charge < -0.3 is 66.1 Å². The van der Waals surface area contributed by atoms with E-state index in [9.17, 15) is 63.9 Å². The van der Waals surface area contributed by atoms with Crippen molar-refractivity contribution in [2.24, 2.45) is 11.3 Å². The molecule has 1 fully saturated rings. The Hall–Kier alpha value is -8.26. The van der Waals surface area contributed by atoms with Gasteiger partial charge in [0.25, 0.3) is 0 Å². The van der Waals surface area contributed by atoms with E-state index in [1.54, 1.807) is 56.3 Å². The number of nitrogens with one attached hydrogen (secondary N) is 4. The van der Waals surface area contributed by atoms with E-state index >= 15 is 0 Å². The van der Waals surface area contributed by atoms with Gasteiger partial charge in [-0.3, -0.25) is 28.8 Å². The van der Waals surface area contributed by atoms with E-state index < -0.39 is 95.1 Å². The molecule has 6 rings (SSSR count). The molecule has 8 atom stereocenters. The highest BCUT2D eigenvalue weighted by Gasteiger charge is 2.47. The number of aliphatic hydroxyl groups is 3. The number of esters is 1. The summed E-state index contributed by atoms with van der Waals surface area (Å²) in [5.74, 6) is 1.15. The van der Waals surface area contributed by atoms with Gasteiger partial charge in [0.2, 0.25) is 29.5 Å². The number of carbonyl (C=O) groups excluding carboxylic acids is 6. The van der Waals surface area contributed by atoms with Crippen molar-refractivity contribution >= 4 is 58.8 Å². The largest absolute Gasteiger partial charge is 0.479 e. The van der Waals surface area contributed by atoms with Crippen molar-refractivity contribution in [1.29, 1.82) is 0 Å². The number of ether oxygens (including phenoxy) is 2. The Bertz CT molecular complexity index is 3360. The molecule has 0 radical (unpaired) electrons. The number of amides is 5. The first-order valence-electron chi connectivity index (χ1n) is 29.9. The number of anilines is 2. The molecule has 21 nitrogen and oxygen atoms in total. The highest BCUT2D eigenvalue weighted by Crippen LogP contribution is 2.33. The van der Waals surface area contributed by atoms with E-state index in [0.717, 1.165) is 22.4 Å². The summed E-state index contributed by atoms with van der Waals surface area (Å²) in [5.41, 5.74) is 4.39. The zero-order valence-electron chi connectivity index (χ0n) is 52.6. The van der Waals surface area contributed by atoms with Crippen LogP contribution in [0.15, 0.2) is 96.6 Å². The molecule has 4 aromatic rings. The summed E-state index contributed by atoms with van der Waals surface area (Å²) in [6.45, 7) is 16.1. The van der Waals surface area contributed by atoms with Gasteiger partial charge in [0.05, 0.1) is 36.8 Å². The Balaban J connectivity index is 1.09. The number of rotatable bonds is 26. The van der Waals surface area contributed by atoms with Crippen LogP contribution in [0.1, 0.15) is 132 Å². The van der Waals surface area contributed by atoms with Crippen LogP contribution in [0.3, 0.4) is 0 Å². The molecular formula is C68H86N6O15. The van der Waals surface area contributed by atoms with Gasteiger partial charge >= 0.3 is 17.9 Å². The fourth-order valence-electron chi connectivity index (χ4n) is 11.2. The Kier molecular flexibility index (Phi) is 24.2. The van der Waals surface area contributed by atoms with Gasteiger partial charge in [-0.1, -0.05) is 127 Å². The molecule has 9 N–H and O–H groups in total. The molecule has 5 amide bonds. The molecule has 2 aliphatic rings. The molecule has 0 aromatic heterocycles. The smallest absolute Gasteiger partial charge is 0.335 e. The number of likely N-dealkylation sites (N-methyl/N-ethyl adjacent to an activating group) is 2. The average Bonchev–Trinajstić information content (AvgIpc) is 2.01. The minimum absolute atomic E-state index is 0.0532. The fourth-order valence-corrected chi connectivity index (χ4v) is 11.2. The molecule has 1 saturated heterocycles. The lowest BCUT2D eigenvalue weighted by Crippen LogP contribution is -2.61. The van der Waals surface area contributed by atoms with E-state index in [1.807, 2.05) is 103 Å². The molecule has 4 aromatic carbocycles. The lowest BCUT2D eigenvalue weighted by atomic mass is 9.76. The number of aliphatic hydroxyl groups excluding tert-OH is 3. The molecule has 89 heavy (non-hydrogen) atoms. The van der Waals surface area contributed by atoms with Crippen molar-refractivity contribution in [3.8, 4) is 11.8 Å². The van der Waals surface area contributed by atoms with Crippen LogP contribution < -0.4 is 26.2 Å². The first kappa shape index (κ1) is 69.8. The summed E-state index contributed by atoms with van der Waals surface area (Å²) in [6, 6.07) is 23.0. The van der Waals surface area contributed by atoms with Crippen molar-refractivity contribution in [3.05, 3.63) is 141 Å².